The van der Waals surface area contributed by atoms with Gasteiger partial charge in [-0.3, -0.25) is 5.43 Å². The predicted octanol–water partition coefficient (Wildman–Crippen LogP) is 6.51. The molecule has 0 aliphatic heterocycles. The largest absolute Gasteiger partial charge is 0.388 e. The maximum Gasteiger partial charge on any atom is 0.283 e. The lowest BCUT2D eigenvalue weighted by atomic mass is 9.90. The number of benzene rings is 3. The fourth-order valence-electron chi connectivity index (χ4n) is 3.81. The number of hydrogen-bond acceptors (Lipinski definition) is 5. The number of hydrazone groups is 1. The molecule has 2 unspecified atom stereocenters. The van der Waals surface area contributed by atoms with Crippen LogP contribution in [0.15, 0.2) is 71.8 Å². The lowest BCUT2D eigenvalue weighted by Crippen LogP contribution is -2.34. The Bertz CT molecular complexity index is 1130. The minimum atomic E-state index is -2.67. The third-order valence-corrected chi connectivity index (χ3v) is 5.91. The zero-order chi connectivity index (χ0) is 28.1. The van der Waals surface area contributed by atoms with Gasteiger partial charge in [0.15, 0.2) is 0 Å². The van der Waals surface area contributed by atoms with Crippen LogP contribution in [0.4, 0.5) is 17.6 Å². The van der Waals surface area contributed by atoms with Gasteiger partial charge in [-0.1, -0.05) is 62.4 Å². The minimum Gasteiger partial charge on any atom is -0.388 e. The standard InChI is InChI=1S/C15H14F2O.C14H20F2N2O2/c1-10(13-4-2-3-5-14(13)17)15(18)11-6-8-12(16)9-7-11;1-4-11-6-5-10(7-12(11)9-19-3)8-20-14(13(15)16)18-17-2/h2-10,15,18H,1H3;5-7,13-14,18H,2,4,8-9H2,1,3H3/t10-,15?;/m1./s1. The summed E-state index contributed by atoms with van der Waals surface area (Å²) in [7, 11) is 1.62. The average molecular weight is 535 g/mol. The van der Waals surface area contributed by atoms with Gasteiger partial charge >= 0.3 is 0 Å². The quantitative estimate of drug-likeness (QED) is 0.120. The summed E-state index contributed by atoms with van der Waals surface area (Å²) in [5.74, 6) is -1.09. The van der Waals surface area contributed by atoms with Crippen LogP contribution >= 0.6 is 0 Å². The lowest BCUT2D eigenvalue weighted by molar-refractivity contribution is -0.0803. The van der Waals surface area contributed by atoms with Crippen molar-refractivity contribution in [2.75, 3.05) is 7.11 Å². The van der Waals surface area contributed by atoms with E-state index in [1.165, 1.54) is 35.9 Å². The first kappa shape index (κ1) is 31.0. The van der Waals surface area contributed by atoms with Crippen LogP contribution in [0.25, 0.3) is 0 Å². The van der Waals surface area contributed by atoms with Crippen LogP contribution < -0.4 is 5.43 Å². The molecule has 3 aromatic carbocycles. The maximum atomic E-state index is 13.6. The van der Waals surface area contributed by atoms with E-state index in [0.29, 0.717) is 17.7 Å². The highest BCUT2D eigenvalue weighted by atomic mass is 19.3. The molecule has 0 heterocycles. The first-order valence-corrected chi connectivity index (χ1v) is 12.1. The third-order valence-electron chi connectivity index (χ3n) is 5.91. The highest BCUT2D eigenvalue weighted by Crippen LogP contribution is 2.31. The maximum absolute atomic E-state index is 13.6. The first-order valence-electron chi connectivity index (χ1n) is 12.1. The molecule has 0 amide bonds. The lowest BCUT2D eigenvalue weighted by Gasteiger charge is -2.20. The summed E-state index contributed by atoms with van der Waals surface area (Å²) in [5.41, 5.74) is 6.19. The molecule has 38 heavy (non-hydrogen) atoms. The molecule has 9 heteroatoms. The van der Waals surface area contributed by atoms with Gasteiger partial charge < -0.3 is 14.6 Å². The Labute approximate surface area is 221 Å². The number of ether oxygens (including phenoxy) is 2. The summed E-state index contributed by atoms with van der Waals surface area (Å²) < 4.78 is 61.9. The van der Waals surface area contributed by atoms with Gasteiger partial charge in [-0.15, -0.1) is 0 Å². The van der Waals surface area contributed by atoms with Crippen molar-refractivity contribution in [1.29, 1.82) is 0 Å². The van der Waals surface area contributed by atoms with E-state index in [1.807, 2.05) is 18.2 Å². The number of methoxy groups -OCH3 is 1. The highest BCUT2D eigenvalue weighted by molar-refractivity contribution is 5.31. The summed E-state index contributed by atoms with van der Waals surface area (Å²) in [6.45, 7) is 7.46. The zero-order valence-corrected chi connectivity index (χ0v) is 21.7. The van der Waals surface area contributed by atoms with Crippen molar-refractivity contribution < 1.29 is 32.1 Å². The number of nitrogens with one attached hydrogen (secondary N) is 1. The van der Waals surface area contributed by atoms with Crippen LogP contribution in [0.5, 0.6) is 0 Å². The van der Waals surface area contributed by atoms with Crippen LogP contribution in [-0.2, 0) is 29.1 Å². The average Bonchev–Trinajstić information content (AvgIpc) is 2.91. The molecule has 0 bridgehead atoms. The highest BCUT2D eigenvalue weighted by Gasteiger charge is 2.21. The van der Waals surface area contributed by atoms with Gasteiger partial charge in [0.05, 0.1) is 19.3 Å². The van der Waals surface area contributed by atoms with E-state index < -0.39 is 24.7 Å². The number of aliphatic hydroxyl groups is 1. The molecule has 0 spiro atoms. The van der Waals surface area contributed by atoms with E-state index in [2.05, 4.69) is 24.2 Å². The molecule has 5 nitrogen and oxygen atoms in total. The second kappa shape index (κ2) is 15.9. The smallest absolute Gasteiger partial charge is 0.283 e. The Balaban J connectivity index is 0.000000268. The fraction of sp³-hybridized carbons (Fsp3) is 0.345. The Morgan fingerprint density at radius 3 is 2.24 bits per heavy atom. The van der Waals surface area contributed by atoms with Crippen LogP contribution in [0.1, 0.15) is 53.7 Å². The van der Waals surface area contributed by atoms with E-state index in [-0.39, 0.29) is 18.2 Å². The molecule has 0 saturated carbocycles. The molecular weight excluding hydrogens is 500 g/mol. The van der Waals surface area contributed by atoms with Crippen molar-refractivity contribution in [2.24, 2.45) is 5.10 Å². The van der Waals surface area contributed by atoms with Crippen molar-refractivity contribution in [3.05, 3.63) is 106 Å². The number of hydrogen-bond donors (Lipinski definition) is 2. The number of aryl methyl sites for hydroxylation is 1. The van der Waals surface area contributed by atoms with Crippen molar-refractivity contribution in [1.82, 2.24) is 5.43 Å². The van der Waals surface area contributed by atoms with E-state index >= 15 is 0 Å². The Morgan fingerprint density at radius 2 is 1.66 bits per heavy atom. The summed E-state index contributed by atoms with van der Waals surface area (Å²) in [6, 6.07) is 17.7. The van der Waals surface area contributed by atoms with Crippen LogP contribution in [0, 0.1) is 11.6 Å². The first-order chi connectivity index (χ1) is 18.2. The molecule has 0 fully saturated rings. The molecule has 0 aromatic heterocycles. The van der Waals surface area contributed by atoms with Gasteiger partial charge in [0.1, 0.15) is 11.6 Å². The number of rotatable bonds is 12. The second-order valence-electron chi connectivity index (χ2n) is 8.55. The Morgan fingerprint density at radius 1 is 0.974 bits per heavy atom. The molecule has 3 aromatic rings. The fourth-order valence-corrected chi connectivity index (χ4v) is 3.81. The molecule has 0 radical (unpaired) electrons. The van der Waals surface area contributed by atoms with Gasteiger partial charge in [0.2, 0.25) is 6.23 Å². The van der Waals surface area contributed by atoms with Crippen LogP contribution in [-0.4, -0.2) is 31.6 Å². The van der Waals surface area contributed by atoms with Gasteiger partial charge in [0, 0.05) is 19.7 Å². The SMILES string of the molecule is C=NNC(OCc1ccc(CC)c(COC)c1)C(F)F.C[C@H](c1ccccc1F)C(O)c1ccc(F)cc1. The number of alkyl halides is 2. The Hall–Kier alpha value is -3.27. The molecule has 2 N–H and O–H groups in total. The van der Waals surface area contributed by atoms with Crippen molar-refractivity contribution >= 4 is 6.72 Å². The summed E-state index contributed by atoms with van der Waals surface area (Å²) in [6.07, 6.45) is -4.10. The molecule has 0 aliphatic carbocycles. The van der Waals surface area contributed by atoms with Crippen molar-refractivity contribution in [3.63, 3.8) is 0 Å². The van der Waals surface area contributed by atoms with Crippen molar-refractivity contribution in [2.45, 2.75) is 58.2 Å². The van der Waals surface area contributed by atoms with E-state index in [9.17, 15) is 22.7 Å². The number of halogens is 4. The van der Waals surface area contributed by atoms with E-state index in [1.54, 1.807) is 32.2 Å². The molecule has 0 saturated heterocycles. The Kier molecular flexibility index (Phi) is 12.9. The zero-order valence-electron chi connectivity index (χ0n) is 21.7. The molecular formula is C29H34F4N2O3. The molecule has 0 aliphatic rings. The van der Waals surface area contributed by atoms with E-state index in [4.69, 9.17) is 9.47 Å². The summed E-state index contributed by atoms with van der Waals surface area (Å²) in [5, 5.41) is 13.4. The van der Waals surface area contributed by atoms with Gasteiger partial charge in [-0.2, -0.15) is 5.10 Å². The molecule has 206 valence electrons. The van der Waals surface area contributed by atoms with Crippen molar-refractivity contribution in [3.8, 4) is 0 Å². The number of nitrogens with zero attached hydrogens (tertiary/aromatic N) is 1. The van der Waals surface area contributed by atoms with Crippen LogP contribution in [0.2, 0.25) is 0 Å². The van der Waals surface area contributed by atoms with Gasteiger partial charge in [-0.05, 0) is 52.4 Å². The second-order valence-corrected chi connectivity index (χ2v) is 8.55. The monoisotopic (exact) mass is 534 g/mol. The normalized spacial score (nSPS) is 13.3. The summed E-state index contributed by atoms with van der Waals surface area (Å²) in [4.78, 5) is 0. The topological polar surface area (TPSA) is 63.1 Å². The minimum absolute atomic E-state index is 0.0677. The van der Waals surface area contributed by atoms with E-state index in [0.717, 1.165) is 17.5 Å². The van der Waals surface area contributed by atoms with Crippen LogP contribution in [0.3, 0.4) is 0 Å². The van der Waals surface area contributed by atoms with Gasteiger partial charge in [-0.25, -0.2) is 17.6 Å². The molecule has 3 rings (SSSR count). The predicted molar refractivity (Wildman–Crippen MR) is 140 cm³/mol. The number of aliphatic hydroxyl groups excluding tert-OH is 1. The summed E-state index contributed by atoms with van der Waals surface area (Å²) >= 11 is 0. The van der Waals surface area contributed by atoms with Gasteiger partial charge in [0.25, 0.3) is 6.43 Å². The molecule has 3 atom stereocenters. The third kappa shape index (κ3) is 9.24.